The van der Waals surface area contributed by atoms with Crippen LogP contribution in [0.25, 0.3) is 0 Å². The molecule has 4 rings (SSSR count). The van der Waals surface area contributed by atoms with Gasteiger partial charge in [0.05, 0.1) is 44.9 Å². The summed E-state index contributed by atoms with van der Waals surface area (Å²) >= 11 is 0. The normalized spacial score (nSPS) is 18.9. The molecule has 2 amide bonds. The zero-order valence-corrected chi connectivity index (χ0v) is 35.6. The maximum atomic E-state index is 14.9. The molecule has 1 unspecified atom stereocenters. The second-order valence-corrected chi connectivity index (χ2v) is 16.4. The first kappa shape index (κ1) is 47.9. The van der Waals surface area contributed by atoms with Gasteiger partial charge < -0.3 is 39.9 Å². The smallest absolute Gasteiger partial charge is 0.308 e. The number of carbonyl (C=O) groups excluding carboxylic acids is 6. The first-order valence-corrected chi connectivity index (χ1v) is 21.1. The Morgan fingerprint density at radius 3 is 2.20 bits per heavy atom. The summed E-state index contributed by atoms with van der Waals surface area (Å²) in [5, 5.41) is 9.67. The fraction of sp³-hybridized carbons (Fsp3) is 0.565. The monoisotopic (exact) mass is 829 g/mol. The van der Waals surface area contributed by atoms with E-state index in [4.69, 9.17) is 20.6 Å². The lowest BCUT2D eigenvalue weighted by Crippen LogP contribution is -2.58. The van der Waals surface area contributed by atoms with E-state index in [1.807, 2.05) is 55.1 Å². The Kier molecular flexibility index (Phi) is 19.5. The number of hydrogen-bond donors (Lipinski definition) is 3. The lowest BCUT2D eigenvalue weighted by atomic mass is 9.93. The number of esters is 1. The summed E-state index contributed by atoms with van der Waals surface area (Å²) in [5.74, 6) is 0.243. The lowest BCUT2D eigenvalue weighted by Gasteiger charge is -2.36. The van der Waals surface area contributed by atoms with E-state index in [9.17, 15) is 28.8 Å². The molecule has 14 nitrogen and oxygen atoms in total. The number of aryl methyl sites for hydroxylation is 1. The molecule has 0 saturated carbocycles. The topological polar surface area (TPSA) is 176 Å². The van der Waals surface area contributed by atoms with Gasteiger partial charge in [-0.05, 0) is 44.1 Å². The van der Waals surface area contributed by atoms with E-state index in [2.05, 4.69) is 21.9 Å². The molecule has 2 aliphatic heterocycles. The summed E-state index contributed by atoms with van der Waals surface area (Å²) in [4.78, 5) is 84.6. The van der Waals surface area contributed by atoms with Crippen LogP contribution in [0, 0.1) is 24.2 Å². The van der Waals surface area contributed by atoms with Crippen LogP contribution in [0.1, 0.15) is 75.7 Å². The summed E-state index contributed by atoms with van der Waals surface area (Å²) in [6, 6.07) is 15.0. The molecule has 2 aliphatic rings. The fourth-order valence-corrected chi connectivity index (χ4v) is 7.13. The van der Waals surface area contributed by atoms with Gasteiger partial charge in [-0.3, -0.25) is 28.9 Å². The van der Waals surface area contributed by atoms with Crippen molar-refractivity contribution in [2.45, 2.75) is 96.0 Å². The van der Waals surface area contributed by atoms with Crippen LogP contribution in [0.2, 0.25) is 0 Å². The second-order valence-electron chi connectivity index (χ2n) is 16.4. The Morgan fingerprint density at radius 2 is 1.58 bits per heavy atom. The van der Waals surface area contributed by atoms with Crippen LogP contribution >= 0.6 is 0 Å². The Labute approximate surface area is 354 Å². The molecule has 0 radical (unpaired) electrons. The maximum absolute atomic E-state index is 14.9. The third-order valence-corrected chi connectivity index (χ3v) is 10.8. The van der Waals surface area contributed by atoms with Gasteiger partial charge in [0.1, 0.15) is 17.9 Å². The summed E-state index contributed by atoms with van der Waals surface area (Å²) in [5.41, 5.74) is 0.532. The number of Topliss-reactive ketones (excluding diaryl/α,β-unsaturated/α-hetero) is 2. The first-order chi connectivity index (χ1) is 28.8. The number of hydrogen-bond acceptors (Lipinski definition) is 12. The number of aldehydes is 1. The molecule has 0 aromatic heterocycles. The number of ketones is 2. The Balaban J connectivity index is 1.66. The number of benzene rings is 2. The summed E-state index contributed by atoms with van der Waals surface area (Å²) < 4.78 is 16.6. The largest absolute Gasteiger partial charge is 0.444 e. The number of nitrogens with one attached hydrogen (secondary N) is 3. The number of epoxide rings is 1. The highest BCUT2D eigenvalue weighted by Crippen LogP contribution is 2.29. The number of terminal acetylenes is 1. The molecule has 0 bridgehead atoms. The molecular formula is C46H63N5O9. The predicted octanol–water partition coefficient (Wildman–Crippen LogP) is 2.98. The van der Waals surface area contributed by atoms with E-state index < -0.39 is 54.3 Å². The minimum absolute atomic E-state index is 0.00645. The zero-order valence-electron chi connectivity index (χ0n) is 35.6. The highest BCUT2D eigenvalue weighted by atomic mass is 16.6. The van der Waals surface area contributed by atoms with E-state index in [1.165, 1.54) is 4.90 Å². The van der Waals surface area contributed by atoms with Crippen LogP contribution in [0.5, 0.6) is 0 Å². The van der Waals surface area contributed by atoms with Crippen molar-refractivity contribution in [2.75, 3.05) is 59.3 Å². The minimum Gasteiger partial charge on any atom is -0.444 e. The highest BCUT2D eigenvalue weighted by molar-refractivity contribution is 6.00. The van der Waals surface area contributed by atoms with Gasteiger partial charge in [-0.1, -0.05) is 81.4 Å². The van der Waals surface area contributed by atoms with Crippen molar-refractivity contribution in [3.05, 3.63) is 71.8 Å². The number of morpholine rings is 1. The van der Waals surface area contributed by atoms with E-state index in [0.29, 0.717) is 51.3 Å². The van der Waals surface area contributed by atoms with Gasteiger partial charge in [-0.15, -0.1) is 12.3 Å². The van der Waals surface area contributed by atoms with Gasteiger partial charge in [0.25, 0.3) is 0 Å². The SMILES string of the molecule is C#CCCC(=O)OCN(C(=O)[C@H](CCc1ccccc1)NC(=O)CN1CCOCC1)C(CN[C@@H](CN[C@@H](CC(C)C)C(=O)[C@]1(C)CO1)C(=O)c1ccccc1)C[C@H](C)C=O. The van der Waals surface area contributed by atoms with Gasteiger partial charge in [-0.25, -0.2) is 0 Å². The summed E-state index contributed by atoms with van der Waals surface area (Å²) in [7, 11) is 0. The molecule has 2 fully saturated rings. The van der Waals surface area contributed by atoms with Crippen molar-refractivity contribution in [2.24, 2.45) is 11.8 Å². The number of amides is 2. The molecule has 2 aromatic rings. The molecule has 14 heteroatoms. The quantitative estimate of drug-likeness (QED) is 0.0301. The van der Waals surface area contributed by atoms with Crippen LogP contribution in [0.15, 0.2) is 60.7 Å². The standard InChI is InChI=1S/C46H63N5O9/c1-6-7-18-42(54)59-32-51(45(57)38(20-19-35-14-10-8-11-15-35)49-41(53)29-50-21-23-58-24-22-50)37(26-34(4)30-52)27-47-40(43(55)36-16-12-9-13-17-36)28-48-39(25-33(2)3)44(56)46(5)31-60-46/h1,8-17,30,33-34,37-40,47-48H,7,18-29,31-32H2,2-5H3,(H,49,53)/t34-,37?,38-,39-,40-,46-/m0/s1. The molecule has 2 heterocycles. The van der Waals surface area contributed by atoms with Crippen molar-refractivity contribution in [1.29, 1.82) is 0 Å². The van der Waals surface area contributed by atoms with E-state index in [-0.39, 0.29) is 68.7 Å². The Morgan fingerprint density at radius 1 is 0.933 bits per heavy atom. The molecule has 326 valence electrons. The van der Waals surface area contributed by atoms with Crippen LogP contribution in [-0.4, -0.2) is 134 Å². The molecule has 6 atom stereocenters. The number of rotatable bonds is 27. The Hall–Kier alpha value is -4.78. The van der Waals surface area contributed by atoms with Crippen molar-refractivity contribution < 1.29 is 43.0 Å². The Bertz CT molecular complexity index is 1740. The number of ether oxygens (including phenoxy) is 3. The summed E-state index contributed by atoms with van der Waals surface area (Å²) in [6.45, 7) is 9.63. The predicted molar refractivity (Wildman–Crippen MR) is 227 cm³/mol. The number of nitrogens with zero attached hydrogens (tertiary/aromatic N) is 2. The van der Waals surface area contributed by atoms with Gasteiger partial charge in [-0.2, -0.15) is 0 Å². The molecule has 0 aliphatic carbocycles. The zero-order chi connectivity index (χ0) is 43.5. The molecule has 60 heavy (non-hydrogen) atoms. The average molecular weight is 830 g/mol. The molecule has 2 saturated heterocycles. The molecule has 2 aromatic carbocycles. The maximum Gasteiger partial charge on any atom is 0.308 e. The van der Waals surface area contributed by atoms with Gasteiger partial charge in [0.15, 0.2) is 18.3 Å². The lowest BCUT2D eigenvalue weighted by molar-refractivity contribution is -0.157. The first-order valence-electron chi connectivity index (χ1n) is 21.1. The third kappa shape index (κ3) is 15.7. The van der Waals surface area contributed by atoms with Crippen LogP contribution in [-0.2, 0) is 44.6 Å². The molecule has 3 N–H and O–H groups in total. The highest BCUT2D eigenvalue weighted by Gasteiger charge is 2.49. The average Bonchev–Trinajstić information content (AvgIpc) is 4.01. The third-order valence-electron chi connectivity index (χ3n) is 10.8. The fourth-order valence-electron chi connectivity index (χ4n) is 7.13. The summed E-state index contributed by atoms with van der Waals surface area (Å²) in [6.07, 6.45) is 7.61. The number of carbonyl (C=O) groups is 6. The minimum atomic E-state index is -1.03. The van der Waals surface area contributed by atoms with Crippen LogP contribution in [0.4, 0.5) is 0 Å². The van der Waals surface area contributed by atoms with E-state index in [1.54, 1.807) is 38.1 Å². The molecular weight excluding hydrogens is 767 g/mol. The van der Waals surface area contributed by atoms with Crippen molar-refractivity contribution in [3.63, 3.8) is 0 Å². The van der Waals surface area contributed by atoms with Crippen molar-refractivity contribution >= 4 is 35.6 Å². The van der Waals surface area contributed by atoms with Gasteiger partial charge in [0.2, 0.25) is 11.8 Å². The van der Waals surface area contributed by atoms with Crippen molar-refractivity contribution in [1.82, 2.24) is 25.8 Å². The van der Waals surface area contributed by atoms with E-state index >= 15 is 0 Å². The van der Waals surface area contributed by atoms with Gasteiger partial charge >= 0.3 is 5.97 Å². The van der Waals surface area contributed by atoms with Crippen LogP contribution in [0.3, 0.4) is 0 Å². The molecule has 0 spiro atoms. The van der Waals surface area contributed by atoms with Crippen molar-refractivity contribution in [3.8, 4) is 12.3 Å². The van der Waals surface area contributed by atoms with Gasteiger partial charge in [0, 0.05) is 50.1 Å². The van der Waals surface area contributed by atoms with Crippen LogP contribution < -0.4 is 16.0 Å². The van der Waals surface area contributed by atoms with E-state index in [0.717, 1.165) is 11.8 Å². The second kappa shape index (κ2) is 24.5.